The lowest BCUT2D eigenvalue weighted by atomic mass is 9.83. The maximum atomic E-state index is 13.7. The molecular formula is C27H20N2O4S2. The number of fused-ring (bicyclic) bond motifs is 2. The number of hydrogen-bond donors (Lipinski definition) is 1. The van der Waals surface area contributed by atoms with E-state index in [0.29, 0.717) is 23.1 Å². The zero-order valence-electron chi connectivity index (χ0n) is 18.4. The van der Waals surface area contributed by atoms with Gasteiger partial charge in [0.2, 0.25) is 11.8 Å². The van der Waals surface area contributed by atoms with Crippen LogP contribution in [0.25, 0.3) is 0 Å². The molecule has 0 radical (unpaired) electrons. The van der Waals surface area contributed by atoms with Gasteiger partial charge in [-0.25, -0.2) is 4.90 Å². The number of anilines is 1. The number of carbonyl (C=O) groups is 2. The number of H-pyrrole nitrogens is 1. The first kappa shape index (κ1) is 21.9. The van der Waals surface area contributed by atoms with Gasteiger partial charge in [-0.15, -0.1) is 0 Å². The third-order valence-corrected chi connectivity index (χ3v) is 8.73. The molecule has 6 rings (SSSR count). The van der Waals surface area contributed by atoms with Gasteiger partial charge in [-0.3, -0.25) is 14.4 Å². The zero-order chi connectivity index (χ0) is 23.9. The minimum absolute atomic E-state index is 0.185. The number of ether oxygens (including phenoxy) is 1. The summed E-state index contributed by atoms with van der Waals surface area (Å²) in [6.45, 7) is 0.452. The Morgan fingerprint density at radius 2 is 1.51 bits per heavy atom. The zero-order valence-corrected chi connectivity index (χ0v) is 20.1. The number of carbonyl (C=O) groups excluding carboxylic acids is 2. The predicted molar refractivity (Wildman–Crippen MR) is 136 cm³/mol. The molecule has 2 aliphatic heterocycles. The number of aromatic amines is 1. The van der Waals surface area contributed by atoms with Gasteiger partial charge < -0.3 is 9.72 Å². The number of thiazole rings is 1. The van der Waals surface area contributed by atoms with Gasteiger partial charge in [-0.05, 0) is 35.4 Å². The molecule has 8 heteroatoms. The average Bonchev–Trinajstić information content (AvgIpc) is 3.38. The SMILES string of the molecule is O=C1C2Sc3[nH]c(=O)sc3[C@H](c3ccc(OCc4ccccc4)cc3)C2C(=O)N1c1ccccc1. The van der Waals surface area contributed by atoms with E-state index in [-0.39, 0.29) is 16.7 Å². The van der Waals surface area contributed by atoms with E-state index in [1.54, 1.807) is 12.1 Å². The number of para-hydroxylation sites is 1. The smallest absolute Gasteiger partial charge is 0.305 e. The van der Waals surface area contributed by atoms with Crippen molar-refractivity contribution in [1.82, 2.24) is 4.98 Å². The van der Waals surface area contributed by atoms with Gasteiger partial charge in [-0.1, -0.05) is 83.8 Å². The van der Waals surface area contributed by atoms with E-state index in [1.807, 2.05) is 72.8 Å². The normalized spacial score (nSPS) is 21.0. The van der Waals surface area contributed by atoms with E-state index < -0.39 is 17.1 Å². The molecule has 3 heterocycles. The number of rotatable bonds is 5. The first-order chi connectivity index (χ1) is 17.1. The van der Waals surface area contributed by atoms with Crippen molar-refractivity contribution in [2.75, 3.05) is 4.90 Å². The van der Waals surface area contributed by atoms with Crippen LogP contribution < -0.4 is 14.5 Å². The van der Waals surface area contributed by atoms with E-state index in [2.05, 4.69) is 4.98 Å². The highest BCUT2D eigenvalue weighted by Gasteiger charge is 2.56. The van der Waals surface area contributed by atoms with Crippen molar-refractivity contribution in [1.29, 1.82) is 0 Å². The van der Waals surface area contributed by atoms with Crippen molar-refractivity contribution in [2.24, 2.45) is 5.92 Å². The minimum atomic E-state index is -0.598. The largest absolute Gasteiger partial charge is 0.489 e. The molecule has 1 fully saturated rings. The Balaban J connectivity index is 1.34. The first-order valence-corrected chi connectivity index (χ1v) is 12.9. The molecule has 4 aromatic rings. The summed E-state index contributed by atoms with van der Waals surface area (Å²) in [6.07, 6.45) is 0. The third-order valence-electron chi connectivity index (χ3n) is 6.33. The number of benzene rings is 3. The summed E-state index contributed by atoms with van der Waals surface area (Å²) >= 11 is 2.39. The molecular weight excluding hydrogens is 480 g/mol. The molecule has 0 saturated carbocycles. The second-order valence-corrected chi connectivity index (χ2v) is 10.6. The highest BCUT2D eigenvalue weighted by molar-refractivity contribution is 8.00. The summed E-state index contributed by atoms with van der Waals surface area (Å²) in [5, 5.41) is 0.0752. The third kappa shape index (κ3) is 3.88. The Bertz CT molecular complexity index is 1450. The van der Waals surface area contributed by atoms with Crippen molar-refractivity contribution in [3.05, 3.63) is 111 Å². The van der Waals surface area contributed by atoms with E-state index >= 15 is 0 Å². The second-order valence-electron chi connectivity index (χ2n) is 8.44. The molecule has 0 aliphatic carbocycles. The van der Waals surface area contributed by atoms with Crippen molar-refractivity contribution in [3.63, 3.8) is 0 Å². The van der Waals surface area contributed by atoms with Gasteiger partial charge in [-0.2, -0.15) is 0 Å². The lowest BCUT2D eigenvalue weighted by molar-refractivity contribution is -0.122. The Morgan fingerprint density at radius 3 is 2.23 bits per heavy atom. The number of nitrogens with one attached hydrogen (secondary N) is 1. The van der Waals surface area contributed by atoms with Gasteiger partial charge >= 0.3 is 4.87 Å². The molecule has 2 unspecified atom stereocenters. The molecule has 3 aromatic carbocycles. The van der Waals surface area contributed by atoms with Crippen molar-refractivity contribution >= 4 is 40.6 Å². The van der Waals surface area contributed by atoms with E-state index in [0.717, 1.165) is 27.3 Å². The quantitative estimate of drug-likeness (QED) is 0.398. The average molecular weight is 501 g/mol. The van der Waals surface area contributed by atoms with Crippen LogP contribution >= 0.6 is 23.1 Å². The Hall–Kier alpha value is -3.62. The summed E-state index contributed by atoms with van der Waals surface area (Å²) in [6, 6.07) is 26.5. The van der Waals surface area contributed by atoms with Crippen molar-refractivity contribution < 1.29 is 14.3 Å². The summed E-state index contributed by atoms with van der Waals surface area (Å²) < 4.78 is 5.92. The molecule has 6 nitrogen and oxygen atoms in total. The van der Waals surface area contributed by atoms with Crippen LogP contribution in [0.1, 0.15) is 21.9 Å². The van der Waals surface area contributed by atoms with Crippen LogP contribution in [0.2, 0.25) is 0 Å². The maximum Gasteiger partial charge on any atom is 0.305 e. The summed E-state index contributed by atoms with van der Waals surface area (Å²) in [5.41, 5.74) is 2.51. The molecule has 35 heavy (non-hydrogen) atoms. The fraction of sp³-hybridized carbons (Fsp3) is 0.148. The summed E-state index contributed by atoms with van der Waals surface area (Å²) in [5.74, 6) is -0.765. The standard InChI is InChI=1S/C27H20N2O4S2/c30-25-21-20(17-11-13-19(14-12-17)33-15-16-7-3-1-4-8-16)22-24(28-27(32)35-22)34-23(21)26(31)29(25)18-9-5-2-6-10-18/h1-14,20-21,23H,15H2,(H,28,32)/t20-,21?,23?/m1/s1. The highest BCUT2D eigenvalue weighted by Crippen LogP contribution is 2.53. The predicted octanol–water partition coefficient (Wildman–Crippen LogP) is 4.81. The van der Waals surface area contributed by atoms with Crippen LogP contribution in [0.3, 0.4) is 0 Å². The molecule has 0 bridgehead atoms. The number of amides is 2. The summed E-state index contributed by atoms with van der Waals surface area (Å²) in [7, 11) is 0. The number of aromatic nitrogens is 1. The molecule has 1 saturated heterocycles. The van der Waals surface area contributed by atoms with Crippen LogP contribution in [0.4, 0.5) is 5.69 Å². The minimum Gasteiger partial charge on any atom is -0.489 e. The fourth-order valence-corrected chi connectivity index (χ4v) is 7.24. The number of thioether (sulfide) groups is 1. The van der Waals surface area contributed by atoms with Gasteiger partial charge in [0, 0.05) is 10.8 Å². The van der Waals surface area contributed by atoms with E-state index in [9.17, 15) is 14.4 Å². The van der Waals surface area contributed by atoms with Gasteiger partial charge in [0.1, 0.15) is 17.6 Å². The van der Waals surface area contributed by atoms with Crippen LogP contribution in [-0.4, -0.2) is 22.0 Å². The molecule has 1 N–H and O–H groups in total. The molecule has 1 aromatic heterocycles. The Labute approximate surface area is 209 Å². The van der Waals surface area contributed by atoms with Crippen molar-refractivity contribution in [3.8, 4) is 5.75 Å². The fourth-order valence-electron chi connectivity index (χ4n) is 4.72. The van der Waals surface area contributed by atoms with Crippen LogP contribution in [0, 0.1) is 5.92 Å². The maximum absolute atomic E-state index is 13.7. The van der Waals surface area contributed by atoms with Crippen molar-refractivity contribution in [2.45, 2.75) is 22.8 Å². The number of nitrogens with zero attached hydrogens (tertiary/aromatic N) is 1. The van der Waals surface area contributed by atoms with Gasteiger partial charge in [0.25, 0.3) is 0 Å². The molecule has 2 amide bonds. The van der Waals surface area contributed by atoms with Gasteiger partial charge in [0.05, 0.1) is 16.6 Å². The van der Waals surface area contributed by atoms with E-state index in [1.165, 1.54) is 16.7 Å². The van der Waals surface area contributed by atoms with Crippen LogP contribution in [-0.2, 0) is 16.2 Å². The van der Waals surface area contributed by atoms with Gasteiger partial charge in [0.15, 0.2) is 0 Å². The molecule has 174 valence electrons. The topological polar surface area (TPSA) is 79.5 Å². The summed E-state index contributed by atoms with van der Waals surface area (Å²) in [4.78, 5) is 44.1. The molecule has 0 spiro atoms. The Kier molecular flexibility index (Phi) is 5.54. The van der Waals surface area contributed by atoms with E-state index in [4.69, 9.17) is 4.74 Å². The van der Waals surface area contributed by atoms with Crippen LogP contribution in [0.5, 0.6) is 5.75 Å². The second kappa shape index (κ2) is 8.87. The Morgan fingerprint density at radius 1 is 0.829 bits per heavy atom. The monoisotopic (exact) mass is 500 g/mol. The van der Waals surface area contributed by atoms with Crippen LogP contribution in [0.15, 0.2) is 94.7 Å². The first-order valence-electron chi connectivity index (χ1n) is 11.2. The molecule has 2 aliphatic rings. The lowest BCUT2D eigenvalue weighted by Crippen LogP contribution is -2.32. The number of imide groups is 1. The number of hydrogen-bond acceptors (Lipinski definition) is 6. The molecule has 3 atom stereocenters. The lowest BCUT2D eigenvalue weighted by Gasteiger charge is -2.29. The highest BCUT2D eigenvalue weighted by atomic mass is 32.2.